The Morgan fingerprint density at radius 2 is 1.25 bits per heavy atom. The number of rotatable bonds is 3. The first-order valence-corrected chi connectivity index (χ1v) is 5.15. The van der Waals surface area contributed by atoms with Crippen LogP contribution >= 0.6 is 0 Å². The minimum atomic E-state index is -1.06. The van der Waals surface area contributed by atoms with Crippen molar-refractivity contribution in [2.24, 2.45) is 17.8 Å². The maximum absolute atomic E-state index is 9.24. The summed E-state index contributed by atoms with van der Waals surface area (Å²) in [6.07, 6.45) is 6.41. The lowest BCUT2D eigenvalue weighted by molar-refractivity contribution is -0.139. The second kappa shape index (κ2) is 3.35. The van der Waals surface area contributed by atoms with Crippen LogP contribution in [0.4, 0.5) is 0 Å². The molecule has 0 amide bonds. The lowest BCUT2D eigenvalue weighted by Gasteiger charge is -2.43. The van der Waals surface area contributed by atoms with Crippen molar-refractivity contribution in [3.8, 4) is 0 Å². The van der Waals surface area contributed by atoms with Gasteiger partial charge in [-0.2, -0.15) is 0 Å². The summed E-state index contributed by atoms with van der Waals surface area (Å²) < 4.78 is 0. The smallest absolute Gasteiger partial charge is 0.154 e. The molecule has 0 aromatic carbocycles. The molecule has 0 saturated heterocycles. The van der Waals surface area contributed by atoms with Gasteiger partial charge in [0.05, 0.1) is 0 Å². The fourth-order valence-electron chi connectivity index (χ4n) is 2.52. The zero-order valence-electron chi connectivity index (χ0n) is 7.45. The molecule has 0 heterocycles. The number of hydrogen-bond acceptors (Lipinski definition) is 2. The van der Waals surface area contributed by atoms with Gasteiger partial charge in [-0.1, -0.05) is 12.8 Å². The van der Waals surface area contributed by atoms with Gasteiger partial charge in [0.2, 0.25) is 0 Å². The number of aliphatic hydroxyl groups excluding tert-OH is 1. The minimum absolute atomic E-state index is 0.201. The first-order chi connectivity index (χ1) is 5.79. The van der Waals surface area contributed by atoms with E-state index in [1.54, 1.807) is 0 Å². The molecule has 2 aliphatic rings. The van der Waals surface area contributed by atoms with Gasteiger partial charge < -0.3 is 10.2 Å². The highest BCUT2D eigenvalue weighted by Crippen LogP contribution is 2.45. The van der Waals surface area contributed by atoms with Crippen LogP contribution < -0.4 is 0 Å². The monoisotopic (exact) mass is 170 g/mol. The van der Waals surface area contributed by atoms with Gasteiger partial charge in [-0.05, 0) is 37.5 Å². The molecular weight excluding hydrogens is 152 g/mol. The summed E-state index contributed by atoms with van der Waals surface area (Å²) >= 11 is 0. The number of aliphatic hydroxyl groups is 2. The van der Waals surface area contributed by atoms with E-state index in [0.717, 1.165) is 0 Å². The standard InChI is InChI=1S/C10H18O2/c11-10(12)9(7-3-1-4-7)8-5-2-6-8/h7-12H,1-6H2. The first kappa shape index (κ1) is 8.52. The topological polar surface area (TPSA) is 40.5 Å². The summed E-state index contributed by atoms with van der Waals surface area (Å²) in [5.41, 5.74) is 0. The predicted molar refractivity (Wildman–Crippen MR) is 46.4 cm³/mol. The zero-order chi connectivity index (χ0) is 8.55. The second-order valence-corrected chi connectivity index (χ2v) is 4.37. The summed E-state index contributed by atoms with van der Waals surface area (Å²) in [4.78, 5) is 0. The Balaban J connectivity index is 1.91. The van der Waals surface area contributed by atoms with Crippen molar-refractivity contribution in [1.29, 1.82) is 0 Å². The Bertz CT molecular complexity index is 134. The van der Waals surface area contributed by atoms with Crippen molar-refractivity contribution < 1.29 is 10.2 Å². The van der Waals surface area contributed by atoms with E-state index in [2.05, 4.69) is 0 Å². The zero-order valence-corrected chi connectivity index (χ0v) is 7.45. The Morgan fingerprint density at radius 1 is 0.833 bits per heavy atom. The van der Waals surface area contributed by atoms with Gasteiger partial charge >= 0.3 is 0 Å². The van der Waals surface area contributed by atoms with Crippen molar-refractivity contribution in [1.82, 2.24) is 0 Å². The third-order valence-electron chi connectivity index (χ3n) is 3.73. The molecule has 0 spiro atoms. The van der Waals surface area contributed by atoms with E-state index in [1.807, 2.05) is 0 Å². The van der Waals surface area contributed by atoms with Crippen molar-refractivity contribution in [2.75, 3.05) is 0 Å². The van der Waals surface area contributed by atoms with Crippen LogP contribution in [0.1, 0.15) is 38.5 Å². The van der Waals surface area contributed by atoms with E-state index in [4.69, 9.17) is 0 Å². The van der Waals surface area contributed by atoms with Gasteiger partial charge in [-0.25, -0.2) is 0 Å². The van der Waals surface area contributed by atoms with Crippen LogP contribution in [0.15, 0.2) is 0 Å². The Morgan fingerprint density at radius 3 is 1.42 bits per heavy atom. The largest absolute Gasteiger partial charge is 0.368 e. The van der Waals surface area contributed by atoms with Crippen molar-refractivity contribution >= 4 is 0 Å². The molecule has 0 aromatic heterocycles. The van der Waals surface area contributed by atoms with Crippen molar-refractivity contribution in [3.05, 3.63) is 0 Å². The molecule has 2 N–H and O–H groups in total. The quantitative estimate of drug-likeness (QED) is 0.630. The fraction of sp³-hybridized carbons (Fsp3) is 1.00. The predicted octanol–water partition coefficient (Wildman–Crippen LogP) is 1.51. The Labute approximate surface area is 73.6 Å². The molecule has 2 saturated carbocycles. The summed E-state index contributed by atoms with van der Waals surface area (Å²) in [5, 5.41) is 18.5. The molecule has 0 aromatic rings. The molecule has 2 heteroatoms. The van der Waals surface area contributed by atoms with E-state index in [-0.39, 0.29) is 5.92 Å². The minimum Gasteiger partial charge on any atom is -0.368 e. The van der Waals surface area contributed by atoms with Gasteiger partial charge in [0, 0.05) is 5.92 Å². The molecule has 2 aliphatic carbocycles. The molecule has 0 aliphatic heterocycles. The van der Waals surface area contributed by atoms with E-state index in [0.29, 0.717) is 11.8 Å². The van der Waals surface area contributed by atoms with Crippen LogP contribution in [0.5, 0.6) is 0 Å². The highest BCUT2D eigenvalue weighted by molar-refractivity contribution is 4.87. The summed E-state index contributed by atoms with van der Waals surface area (Å²) in [5.74, 6) is 1.44. The third kappa shape index (κ3) is 1.38. The van der Waals surface area contributed by atoms with Crippen molar-refractivity contribution in [3.63, 3.8) is 0 Å². The second-order valence-electron chi connectivity index (χ2n) is 4.37. The van der Waals surface area contributed by atoms with Crippen LogP contribution in [-0.4, -0.2) is 16.5 Å². The molecule has 0 bridgehead atoms. The average molecular weight is 170 g/mol. The lowest BCUT2D eigenvalue weighted by Crippen LogP contribution is -2.40. The summed E-state index contributed by atoms with van der Waals surface area (Å²) in [6, 6.07) is 0. The van der Waals surface area contributed by atoms with Crippen LogP contribution in [0, 0.1) is 17.8 Å². The number of hydrogen-bond donors (Lipinski definition) is 2. The van der Waals surface area contributed by atoms with E-state index in [9.17, 15) is 10.2 Å². The summed E-state index contributed by atoms with van der Waals surface area (Å²) in [7, 11) is 0. The van der Waals surface area contributed by atoms with E-state index >= 15 is 0 Å². The molecule has 2 fully saturated rings. The van der Waals surface area contributed by atoms with E-state index in [1.165, 1.54) is 38.5 Å². The molecule has 2 rings (SSSR count). The lowest BCUT2D eigenvalue weighted by atomic mass is 9.64. The van der Waals surface area contributed by atoms with Crippen LogP contribution in [0.2, 0.25) is 0 Å². The normalized spacial score (nSPS) is 26.0. The molecular formula is C10H18O2. The molecule has 70 valence electrons. The third-order valence-corrected chi connectivity index (χ3v) is 3.73. The van der Waals surface area contributed by atoms with Crippen LogP contribution in [0.25, 0.3) is 0 Å². The van der Waals surface area contributed by atoms with Crippen molar-refractivity contribution in [2.45, 2.75) is 44.8 Å². The first-order valence-electron chi connectivity index (χ1n) is 5.15. The van der Waals surface area contributed by atoms with Gasteiger partial charge in [-0.3, -0.25) is 0 Å². The van der Waals surface area contributed by atoms with E-state index < -0.39 is 6.29 Å². The van der Waals surface area contributed by atoms with Gasteiger partial charge in [0.25, 0.3) is 0 Å². The highest BCUT2D eigenvalue weighted by Gasteiger charge is 2.39. The fourth-order valence-corrected chi connectivity index (χ4v) is 2.52. The van der Waals surface area contributed by atoms with Gasteiger partial charge in [0.15, 0.2) is 6.29 Å². The SMILES string of the molecule is OC(O)C(C1CCC1)C1CCC1. The highest BCUT2D eigenvalue weighted by atomic mass is 16.5. The van der Waals surface area contributed by atoms with Gasteiger partial charge in [0.1, 0.15) is 0 Å². The molecule has 0 atom stereocenters. The molecule has 0 unspecified atom stereocenters. The Hall–Kier alpha value is -0.0800. The van der Waals surface area contributed by atoms with Crippen LogP contribution in [0.3, 0.4) is 0 Å². The molecule has 12 heavy (non-hydrogen) atoms. The Kier molecular flexibility index (Phi) is 2.37. The summed E-state index contributed by atoms with van der Waals surface area (Å²) in [6.45, 7) is 0. The average Bonchev–Trinajstić information content (AvgIpc) is 1.77. The maximum Gasteiger partial charge on any atom is 0.154 e. The van der Waals surface area contributed by atoms with Crippen LogP contribution in [-0.2, 0) is 0 Å². The molecule has 0 radical (unpaired) electrons. The molecule has 2 nitrogen and oxygen atoms in total. The van der Waals surface area contributed by atoms with Gasteiger partial charge in [-0.15, -0.1) is 0 Å². The maximum atomic E-state index is 9.24.